The molecule has 8 nitrogen and oxygen atoms in total. The molecule has 0 spiro atoms. The van der Waals surface area contributed by atoms with Gasteiger partial charge < -0.3 is 25.6 Å². The molecular formula is C25H30N2O6. The van der Waals surface area contributed by atoms with Crippen LogP contribution in [0.15, 0.2) is 48.5 Å². The number of fused-ring (bicyclic) bond motifs is 3. The molecule has 176 valence electrons. The second kappa shape index (κ2) is 11.0. The van der Waals surface area contributed by atoms with Gasteiger partial charge in [0.05, 0.1) is 0 Å². The molecule has 0 unspecified atom stereocenters. The van der Waals surface area contributed by atoms with Gasteiger partial charge in [-0.1, -0.05) is 68.8 Å². The second-order valence-electron chi connectivity index (χ2n) is 8.24. The highest BCUT2D eigenvalue weighted by atomic mass is 16.5. The van der Waals surface area contributed by atoms with Crippen molar-refractivity contribution >= 4 is 18.0 Å². The number of carboxylic acids is 1. The van der Waals surface area contributed by atoms with Crippen molar-refractivity contribution in [2.45, 2.75) is 44.7 Å². The number of carboxylic acid groups (broad SMARTS) is 1. The van der Waals surface area contributed by atoms with Gasteiger partial charge in [-0.25, -0.2) is 9.59 Å². The summed E-state index contributed by atoms with van der Waals surface area (Å²) in [5.74, 6) is -2.24. The lowest BCUT2D eigenvalue weighted by atomic mass is 9.97. The van der Waals surface area contributed by atoms with E-state index in [2.05, 4.69) is 10.6 Å². The molecule has 3 rings (SSSR count). The van der Waals surface area contributed by atoms with Gasteiger partial charge >= 0.3 is 12.1 Å². The van der Waals surface area contributed by atoms with E-state index in [-0.39, 0.29) is 31.5 Å². The third-order valence-corrected chi connectivity index (χ3v) is 6.14. The van der Waals surface area contributed by atoms with Crippen LogP contribution in [-0.4, -0.2) is 53.5 Å². The highest BCUT2D eigenvalue weighted by molar-refractivity contribution is 5.89. The standard InChI is InChI=1S/C25H30N2O6/c1-3-15(2)22(23(29)26-21(12-13-28)24(30)31)27-25(32)33-14-20-18-10-6-4-8-16(18)17-9-5-7-11-19(17)20/h4-11,15,20-22,28H,3,12-14H2,1-2H3,(H,26,29)(H,27,32)(H,30,31)/t15-,21+,22-/m0/s1. The number of carbonyl (C=O) groups is 3. The van der Waals surface area contributed by atoms with Crippen molar-refractivity contribution in [3.63, 3.8) is 0 Å². The molecule has 1 aliphatic rings. The number of hydrogen-bond acceptors (Lipinski definition) is 5. The summed E-state index contributed by atoms with van der Waals surface area (Å²) in [7, 11) is 0. The molecule has 4 N–H and O–H groups in total. The Hall–Kier alpha value is -3.39. The van der Waals surface area contributed by atoms with Crippen LogP contribution in [0.4, 0.5) is 4.79 Å². The van der Waals surface area contributed by atoms with Crippen molar-refractivity contribution in [1.82, 2.24) is 10.6 Å². The van der Waals surface area contributed by atoms with Gasteiger partial charge in [-0.15, -0.1) is 0 Å². The number of alkyl carbamates (subject to hydrolysis) is 1. The fourth-order valence-corrected chi connectivity index (χ4v) is 4.12. The van der Waals surface area contributed by atoms with E-state index in [1.807, 2.05) is 55.5 Å². The maximum Gasteiger partial charge on any atom is 0.407 e. The average Bonchev–Trinajstić information content (AvgIpc) is 3.14. The SMILES string of the molecule is CC[C@H](C)[C@H](NC(=O)OCC1c2ccccc2-c2ccccc21)C(=O)N[C@H](CCO)C(=O)O. The number of rotatable bonds is 10. The molecule has 1 aliphatic carbocycles. The lowest BCUT2D eigenvalue weighted by Crippen LogP contribution is -2.54. The first-order valence-electron chi connectivity index (χ1n) is 11.1. The Labute approximate surface area is 193 Å². The van der Waals surface area contributed by atoms with Crippen molar-refractivity contribution in [1.29, 1.82) is 0 Å². The predicted octanol–water partition coefficient (Wildman–Crippen LogP) is 2.89. The first-order valence-corrected chi connectivity index (χ1v) is 11.1. The second-order valence-corrected chi connectivity index (χ2v) is 8.24. The minimum absolute atomic E-state index is 0.108. The molecule has 2 amide bonds. The maximum atomic E-state index is 12.7. The Morgan fingerprint density at radius 2 is 1.58 bits per heavy atom. The summed E-state index contributed by atoms with van der Waals surface area (Å²) in [6, 6.07) is 13.8. The number of aliphatic carboxylic acids is 1. The highest BCUT2D eigenvalue weighted by Gasteiger charge is 2.32. The van der Waals surface area contributed by atoms with E-state index < -0.39 is 30.1 Å². The van der Waals surface area contributed by atoms with Crippen LogP contribution in [0.25, 0.3) is 11.1 Å². The number of aliphatic hydroxyl groups is 1. The van der Waals surface area contributed by atoms with Crippen LogP contribution in [0.3, 0.4) is 0 Å². The van der Waals surface area contributed by atoms with E-state index in [9.17, 15) is 19.5 Å². The number of benzene rings is 2. The number of nitrogens with one attached hydrogen (secondary N) is 2. The van der Waals surface area contributed by atoms with Crippen LogP contribution < -0.4 is 10.6 Å². The average molecular weight is 455 g/mol. The van der Waals surface area contributed by atoms with Gasteiger partial charge in [0.15, 0.2) is 0 Å². The topological polar surface area (TPSA) is 125 Å². The zero-order valence-corrected chi connectivity index (χ0v) is 18.8. The lowest BCUT2D eigenvalue weighted by Gasteiger charge is -2.25. The van der Waals surface area contributed by atoms with Gasteiger partial charge in [-0.05, 0) is 28.2 Å². The minimum atomic E-state index is -1.25. The van der Waals surface area contributed by atoms with E-state index in [1.54, 1.807) is 6.92 Å². The van der Waals surface area contributed by atoms with Gasteiger partial charge in [0.1, 0.15) is 18.7 Å². The van der Waals surface area contributed by atoms with Crippen molar-refractivity contribution in [2.24, 2.45) is 5.92 Å². The molecule has 0 fully saturated rings. The summed E-state index contributed by atoms with van der Waals surface area (Å²) in [5.41, 5.74) is 4.39. The summed E-state index contributed by atoms with van der Waals surface area (Å²) in [6.07, 6.45) is -0.287. The lowest BCUT2D eigenvalue weighted by molar-refractivity contribution is -0.142. The molecule has 0 heterocycles. The van der Waals surface area contributed by atoms with Gasteiger partial charge in [0, 0.05) is 18.9 Å². The molecule has 2 aromatic carbocycles. The Kier molecular flexibility index (Phi) is 8.06. The van der Waals surface area contributed by atoms with Crippen molar-refractivity contribution < 1.29 is 29.3 Å². The minimum Gasteiger partial charge on any atom is -0.480 e. The Morgan fingerprint density at radius 1 is 1.00 bits per heavy atom. The van der Waals surface area contributed by atoms with Crippen LogP contribution in [0.5, 0.6) is 0 Å². The molecule has 8 heteroatoms. The van der Waals surface area contributed by atoms with Gasteiger partial charge in [0.25, 0.3) is 0 Å². The Morgan fingerprint density at radius 3 is 2.09 bits per heavy atom. The highest BCUT2D eigenvalue weighted by Crippen LogP contribution is 2.44. The molecular weight excluding hydrogens is 424 g/mol. The zero-order valence-electron chi connectivity index (χ0n) is 18.8. The van der Waals surface area contributed by atoms with E-state index >= 15 is 0 Å². The number of aliphatic hydroxyl groups excluding tert-OH is 1. The predicted molar refractivity (Wildman–Crippen MR) is 123 cm³/mol. The first-order chi connectivity index (χ1) is 15.9. The smallest absolute Gasteiger partial charge is 0.407 e. The fourth-order valence-electron chi connectivity index (χ4n) is 4.12. The van der Waals surface area contributed by atoms with Gasteiger partial charge in [-0.2, -0.15) is 0 Å². The molecule has 3 atom stereocenters. The summed E-state index contributed by atoms with van der Waals surface area (Å²) in [4.78, 5) is 36.7. The van der Waals surface area contributed by atoms with E-state index in [1.165, 1.54) is 0 Å². The Balaban J connectivity index is 1.68. The third-order valence-electron chi connectivity index (χ3n) is 6.14. The number of amides is 2. The molecule has 0 aliphatic heterocycles. The molecule has 0 saturated heterocycles. The summed E-state index contributed by atoms with van der Waals surface area (Å²) in [5, 5.41) is 23.3. The van der Waals surface area contributed by atoms with Crippen molar-refractivity contribution in [3.05, 3.63) is 59.7 Å². The molecule has 0 bridgehead atoms. The summed E-state index contributed by atoms with van der Waals surface area (Å²) in [6.45, 7) is 3.38. The van der Waals surface area contributed by atoms with Crippen LogP contribution in [0.2, 0.25) is 0 Å². The normalized spacial score (nSPS) is 15.0. The molecule has 0 saturated carbocycles. The van der Waals surface area contributed by atoms with E-state index in [0.29, 0.717) is 6.42 Å². The van der Waals surface area contributed by atoms with E-state index in [4.69, 9.17) is 9.84 Å². The monoisotopic (exact) mass is 454 g/mol. The summed E-state index contributed by atoms with van der Waals surface area (Å²) < 4.78 is 5.53. The largest absolute Gasteiger partial charge is 0.480 e. The summed E-state index contributed by atoms with van der Waals surface area (Å²) >= 11 is 0. The first kappa shape index (κ1) is 24.3. The van der Waals surface area contributed by atoms with Crippen LogP contribution in [0.1, 0.15) is 43.7 Å². The third kappa shape index (κ3) is 5.51. The molecule has 0 aromatic heterocycles. The Bertz CT molecular complexity index is 962. The quantitative estimate of drug-likeness (QED) is 0.438. The molecule has 0 radical (unpaired) electrons. The zero-order chi connectivity index (χ0) is 24.0. The maximum absolute atomic E-state index is 12.7. The van der Waals surface area contributed by atoms with Crippen LogP contribution in [0, 0.1) is 5.92 Å². The fraction of sp³-hybridized carbons (Fsp3) is 0.400. The number of hydrogen-bond donors (Lipinski definition) is 4. The van der Waals surface area contributed by atoms with Crippen LogP contribution in [-0.2, 0) is 14.3 Å². The number of carbonyl (C=O) groups excluding carboxylic acids is 2. The molecule has 33 heavy (non-hydrogen) atoms. The van der Waals surface area contributed by atoms with E-state index in [0.717, 1.165) is 22.3 Å². The number of ether oxygens (including phenoxy) is 1. The van der Waals surface area contributed by atoms with Crippen LogP contribution >= 0.6 is 0 Å². The molecule has 2 aromatic rings. The van der Waals surface area contributed by atoms with Gasteiger partial charge in [-0.3, -0.25) is 4.79 Å². The van der Waals surface area contributed by atoms with Crippen molar-refractivity contribution in [3.8, 4) is 11.1 Å². The van der Waals surface area contributed by atoms with Gasteiger partial charge in [0.2, 0.25) is 5.91 Å². The van der Waals surface area contributed by atoms with Crippen molar-refractivity contribution in [2.75, 3.05) is 13.2 Å².